The summed E-state index contributed by atoms with van der Waals surface area (Å²) >= 11 is 8.70. The lowest BCUT2D eigenvalue weighted by Gasteiger charge is -2.13. The van der Waals surface area contributed by atoms with Crippen molar-refractivity contribution in [2.24, 2.45) is 0 Å². The Morgan fingerprint density at radius 2 is 2.03 bits per heavy atom. The summed E-state index contributed by atoms with van der Waals surface area (Å²) in [6, 6.07) is 12.2. The number of aromatic nitrogens is 2. The lowest BCUT2D eigenvalue weighted by Crippen LogP contribution is -2.18. The van der Waals surface area contributed by atoms with Gasteiger partial charge in [0.25, 0.3) is 5.91 Å². The summed E-state index contributed by atoms with van der Waals surface area (Å²) in [6.07, 6.45) is 0. The minimum absolute atomic E-state index is 0.230. The van der Waals surface area contributed by atoms with Gasteiger partial charge in [-0.2, -0.15) is 5.26 Å². The van der Waals surface area contributed by atoms with E-state index in [-0.39, 0.29) is 11.8 Å². The molecular formula is C21H14ClN5O2S2. The molecular weight excluding hydrogens is 454 g/mol. The van der Waals surface area contributed by atoms with E-state index in [9.17, 15) is 9.59 Å². The molecule has 0 saturated heterocycles. The minimum atomic E-state index is -0.504. The van der Waals surface area contributed by atoms with E-state index in [1.54, 1.807) is 54.2 Å². The topological polar surface area (TPSA) is 108 Å². The molecule has 0 aliphatic heterocycles. The summed E-state index contributed by atoms with van der Waals surface area (Å²) in [6.45, 7) is 1.75. The summed E-state index contributed by atoms with van der Waals surface area (Å²) in [5, 5.41) is 17.3. The quantitative estimate of drug-likeness (QED) is 0.415. The Hall–Kier alpha value is -3.32. The highest BCUT2D eigenvalue weighted by Gasteiger charge is 2.18. The van der Waals surface area contributed by atoms with Gasteiger partial charge in [0.1, 0.15) is 5.69 Å². The second-order valence-corrected chi connectivity index (χ2v) is 8.81. The molecule has 0 fully saturated rings. The van der Waals surface area contributed by atoms with Gasteiger partial charge in [0, 0.05) is 16.1 Å². The Bertz CT molecular complexity index is 1330. The molecule has 4 rings (SSSR count). The van der Waals surface area contributed by atoms with Crippen molar-refractivity contribution in [3.05, 3.63) is 69.1 Å². The number of fused-ring (bicyclic) bond motifs is 1. The molecule has 2 aromatic heterocycles. The Labute approximate surface area is 190 Å². The van der Waals surface area contributed by atoms with Crippen LogP contribution in [0.1, 0.15) is 34.5 Å². The van der Waals surface area contributed by atoms with Crippen LogP contribution in [0.4, 0.5) is 10.8 Å². The van der Waals surface area contributed by atoms with Crippen LogP contribution in [0.2, 0.25) is 5.02 Å². The number of carbonyl (C=O) groups excluding carboxylic acids is 2. The smallest absolute Gasteiger partial charge is 0.276 e. The number of nitriles is 1. The zero-order chi connectivity index (χ0) is 22.0. The number of nitrogens with zero attached hydrogens (tertiary/aromatic N) is 3. The summed E-state index contributed by atoms with van der Waals surface area (Å²) in [4.78, 5) is 33.3. The van der Waals surface area contributed by atoms with Crippen LogP contribution >= 0.6 is 34.3 Å². The van der Waals surface area contributed by atoms with E-state index in [0.717, 1.165) is 4.70 Å². The molecule has 0 radical (unpaired) electrons. The first-order valence-electron chi connectivity index (χ1n) is 9.04. The van der Waals surface area contributed by atoms with Crippen molar-refractivity contribution in [1.29, 1.82) is 5.26 Å². The fraction of sp³-hybridized carbons (Fsp3) is 0.0952. The van der Waals surface area contributed by atoms with Gasteiger partial charge in [-0.15, -0.1) is 11.3 Å². The molecule has 0 bridgehead atoms. The monoisotopic (exact) mass is 467 g/mol. The van der Waals surface area contributed by atoms with E-state index in [2.05, 4.69) is 20.6 Å². The van der Waals surface area contributed by atoms with Crippen molar-refractivity contribution >= 4 is 67.1 Å². The van der Waals surface area contributed by atoms with Gasteiger partial charge in [0.15, 0.2) is 5.13 Å². The van der Waals surface area contributed by atoms with Crippen molar-refractivity contribution in [2.75, 3.05) is 10.6 Å². The lowest BCUT2D eigenvalue weighted by molar-refractivity contribution is -0.117. The standard InChI is InChI=1S/C21H14ClN5O2S2/c1-11(13-4-12(8-23)5-14(22)6-13)19(28)25-15-2-3-16-18(7-15)31-21(26-16)27-20(29)17-9-30-10-24-17/h2-7,9-11H,1H3,(H,25,28)(H,26,27,29). The van der Waals surface area contributed by atoms with Crippen LogP contribution in [0, 0.1) is 11.3 Å². The molecule has 2 amide bonds. The van der Waals surface area contributed by atoms with Gasteiger partial charge >= 0.3 is 0 Å². The number of benzene rings is 2. The van der Waals surface area contributed by atoms with Gasteiger partial charge in [0.05, 0.1) is 33.3 Å². The molecule has 4 aromatic rings. The molecule has 31 heavy (non-hydrogen) atoms. The van der Waals surface area contributed by atoms with E-state index in [0.29, 0.717) is 38.2 Å². The Kier molecular flexibility index (Phi) is 5.95. The van der Waals surface area contributed by atoms with E-state index < -0.39 is 5.92 Å². The first kappa shape index (κ1) is 20.9. The maximum atomic E-state index is 12.7. The van der Waals surface area contributed by atoms with Crippen molar-refractivity contribution in [3.63, 3.8) is 0 Å². The molecule has 2 aromatic carbocycles. The van der Waals surface area contributed by atoms with Crippen LogP contribution in [-0.4, -0.2) is 21.8 Å². The lowest BCUT2D eigenvalue weighted by atomic mass is 9.98. The molecule has 154 valence electrons. The van der Waals surface area contributed by atoms with Crippen LogP contribution in [0.25, 0.3) is 10.2 Å². The van der Waals surface area contributed by atoms with Crippen LogP contribution < -0.4 is 10.6 Å². The predicted molar refractivity (Wildman–Crippen MR) is 123 cm³/mol. The van der Waals surface area contributed by atoms with Crippen LogP contribution in [0.3, 0.4) is 0 Å². The molecule has 1 unspecified atom stereocenters. The largest absolute Gasteiger partial charge is 0.326 e. The third kappa shape index (κ3) is 4.72. The van der Waals surface area contributed by atoms with Crippen molar-refractivity contribution in [3.8, 4) is 6.07 Å². The number of hydrogen-bond donors (Lipinski definition) is 2. The highest BCUT2D eigenvalue weighted by Crippen LogP contribution is 2.30. The van der Waals surface area contributed by atoms with Crippen molar-refractivity contribution in [2.45, 2.75) is 12.8 Å². The Morgan fingerprint density at radius 3 is 2.77 bits per heavy atom. The molecule has 2 N–H and O–H groups in total. The molecule has 1 atom stereocenters. The zero-order valence-electron chi connectivity index (χ0n) is 16.0. The highest BCUT2D eigenvalue weighted by atomic mass is 35.5. The summed E-state index contributed by atoms with van der Waals surface area (Å²) in [7, 11) is 0. The normalized spacial score (nSPS) is 11.6. The van der Waals surface area contributed by atoms with E-state index >= 15 is 0 Å². The fourth-order valence-corrected chi connectivity index (χ4v) is 4.55. The molecule has 0 saturated carbocycles. The van der Waals surface area contributed by atoms with Gasteiger partial charge in [0.2, 0.25) is 5.91 Å². The molecule has 0 aliphatic rings. The fourth-order valence-electron chi connectivity index (χ4n) is 2.87. The third-order valence-corrected chi connectivity index (χ3v) is 6.22. The van der Waals surface area contributed by atoms with Gasteiger partial charge in [-0.3, -0.25) is 14.9 Å². The van der Waals surface area contributed by atoms with Gasteiger partial charge in [-0.05, 0) is 48.9 Å². The Morgan fingerprint density at radius 1 is 1.19 bits per heavy atom. The van der Waals surface area contributed by atoms with Crippen LogP contribution in [0.15, 0.2) is 47.3 Å². The summed E-state index contributed by atoms with van der Waals surface area (Å²) in [5.41, 5.74) is 4.30. The number of hydrogen-bond acceptors (Lipinski definition) is 7. The second-order valence-electron chi connectivity index (χ2n) is 6.63. The molecule has 0 spiro atoms. The number of thiazole rings is 2. The number of rotatable bonds is 5. The Balaban J connectivity index is 1.49. The van der Waals surface area contributed by atoms with Crippen molar-refractivity contribution < 1.29 is 9.59 Å². The number of halogens is 1. The first-order chi connectivity index (χ1) is 14.9. The van der Waals surface area contributed by atoms with E-state index in [1.807, 2.05) is 6.07 Å². The van der Waals surface area contributed by atoms with E-state index in [4.69, 9.17) is 16.9 Å². The molecule has 0 aliphatic carbocycles. The predicted octanol–water partition coefficient (Wildman–Crippen LogP) is 5.27. The van der Waals surface area contributed by atoms with Gasteiger partial charge < -0.3 is 5.32 Å². The average Bonchev–Trinajstić information content (AvgIpc) is 3.42. The number of carbonyl (C=O) groups is 2. The first-order valence-corrected chi connectivity index (χ1v) is 11.2. The number of amides is 2. The molecule has 2 heterocycles. The number of anilines is 2. The summed E-state index contributed by atoms with van der Waals surface area (Å²) in [5.74, 6) is -1.05. The maximum Gasteiger partial charge on any atom is 0.276 e. The second kappa shape index (κ2) is 8.81. The van der Waals surface area contributed by atoms with Gasteiger partial charge in [-0.1, -0.05) is 22.9 Å². The zero-order valence-corrected chi connectivity index (χ0v) is 18.4. The molecule has 7 nitrogen and oxygen atoms in total. The van der Waals surface area contributed by atoms with Crippen LogP contribution in [0.5, 0.6) is 0 Å². The summed E-state index contributed by atoms with van der Waals surface area (Å²) < 4.78 is 0.813. The number of nitrogens with one attached hydrogen (secondary N) is 2. The maximum absolute atomic E-state index is 12.7. The SMILES string of the molecule is CC(C(=O)Nc1ccc2nc(NC(=O)c3cscn3)sc2c1)c1cc(Cl)cc(C#N)c1. The minimum Gasteiger partial charge on any atom is -0.326 e. The van der Waals surface area contributed by atoms with Gasteiger partial charge in [-0.25, -0.2) is 9.97 Å². The van der Waals surface area contributed by atoms with Crippen LogP contribution in [-0.2, 0) is 4.79 Å². The average molecular weight is 468 g/mol. The third-order valence-electron chi connectivity index (χ3n) is 4.48. The van der Waals surface area contributed by atoms with Crippen molar-refractivity contribution in [1.82, 2.24) is 9.97 Å². The molecule has 10 heteroatoms. The highest BCUT2D eigenvalue weighted by molar-refractivity contribution is 7.22. The van der Waals surface area contributed by atoms with E-state index in [1.165, 1.54) is 22.7 Å².